The molecule has 6 nitrogen and oxygen atoms in total. The summed E-state index contributed by atoms with van der Waals surface area (Å²) in [7, 11) is 0. The quantitative estimate of drug-likeness (QED) is 0.642. The van der Waals surface area contributed by atoms with E-state index in [4.69, 9.17) is 17.3 Å². The van der Waals surface area contributed by atoms with Crippen LogP contribution in [0.4, 0.5) is 11.8 Å². The van der Waals surface area contributed by atoms with Gasteiger partial charge in [0.2, 0.25) is 11.9 Å². The molecule has 1 aliphatic rings. The fourth-order valence-electron chi connectivity index (χ4n) is 2.85. The molecule has 3 rings (SSSR count). The Labute approximate surface area is 146 Å². The van der Waals surface area contributed by atoms with Gasteiger partial charge in [-0.2, -0.15) is 4.98 Å². The molecule has 24 heavy (non-hydrogen) atoms. The Balaban J connectivity index is 1.45. The first-order chi connectivity index (χ1) is 11.6. The average Bonchev–Trinajstić information content (AvgIpc) is 2.57. The second-order valence-corrected chi connectivity index (χ2v) is 6.19. The molecule has 0 atom stereocenters. The smallest absolute Gasteiger partial charge is 0.223 e. The van der Waals surface area contributed by atoms with Crippen molar-refractivity contribution in [3.8, 4) is 0 Å². The topological polar surface area (TPSA) is 84.1 Å². The molecule has 126 valence electrons. The molecule has 0 bridgehead atoms. The minimum absolute atomic E-state index is 0.132. The van der Waals surface area contributed by atoms with Gasteiger partial charge in [-0.05, 0) is 24.0 Å². The van der Waals surface area contributed by atoms with E-state index in [9.17, 15) is 4.79 Å². The molecule has 0 saturated heterocycles. The summed E-state index contributed by atoms with van der Waals surface area (Å²) < 4.78 is 0. The lowest BCUT2D eigenvalue weighted by Crippen LogP contribution is -2.36. The first kappa shape index (κ1) is 16.5. The van der Waals surface area contributed by atoms with Crippen molar-refractivity contribution in [2.24, 2.45) is 0 Å². The lowest BCUT2D eigenvalue weighted by Gasteiger charge is -2.29. The molecule has 1 aliphatic heterocycles. The molecule has 1 aromatic heterocycles. The Morgan fingerprint density at radius 2 is 2.08 bits per heavy atom. The number of carbonyl (C=O) groups is 1. The largest absolute Gasteiger partial charge is 0.370 e. The van der Waals surface area contributed by atoms with Crippen LogP contribution in [0.2, 0.25) is 5.15 Å². The number of fused-ring (bicyclic) bond motifs is 1. The summed E-state index contributed by atoms with van der Waals surface area (Å²) in [6, 6.07) is 9.92. The number of nitrogens with zero attached hydrogens (tertiary/aromatic N) is 3. The maximum absolute atomic E-state index is 12.4. The van der Waals surface area contributed by atoms with E-state index in [-0.39, 0.29) is 11.9 Å². The summed E-state index contributed by atoms with van der Waals surface area (Å²) in [6.45, 7) is 2.13. The zero-order valence-corrected chi connectivity index (χ0v) is 14.1. The van der Waals surface area contributed by atoms with Gasteiger partial charge in [0.1, 0.15) is 11.0 Å². The van der Waals surface area contributed by atoms with Crippen LogP contribution < -0.4 is 11.1 Å². The Kier molecular flexibility index (Phi) is 5.15. The van der Waals surface area contributed by atoms with Crippen molar-refractivity contribution in [3.05, 3.63) is 46.6 Å². The van der Waals surface area contributed by atoms with Crippen molar-refractivity contribution < 1.29 is 4.79 Å². The highest BCUT2D eigenvalue weighted by atomic mass is 35.5. The third-order valence-corrected chi connectivity index (χ3v) is 4.26. The van der Waals surface area contributed by atoms with Crippen molar-refractivity contribution in [3.63, 3.8) is 0 Å². The number of amides is 1. The molecule has 0 fully saturated rings. The van der Waals surface area contributed by atoms with Gasteiger partial charge in [-0.3, -0.25) is 4.79 Å². The SMILES string of the molecule is Nc1nc(Cl)cc(NCCCC(=O)N2CCc3ccccc3C2)n1. The van der Waals surface area contributed by atoms with Gasteiger partial charge >= 0.3 is 0 Å². The standard InChI is InChI=1S/C17H20ClN5O/c18-14-10-15(22-17(19)21-14)20-8-3-6-16(24)23-9-7-12-4-1-2-5-13(12)11-23/h1-2,4-5,10H,3,6-9,11H2,(H3,19,20,21,22). The third kappa shape index (κ3) is 4.14. The molecule has 3 N–H and O–H groups in total. The number of hydrogen-bond donors (Lipinski definition) is 2. The van der Waals surface area contributed by atoms with Crippen molar-refractivity contribution in [1.82, 2.24) is 14.9 Å². The van der Waals surface area contributed by atoms with Gasteiger partial charge in [0.05, 0.1) is 0 Å². The number of carbonyl (C=O) groups excluding carboxylic acids is 1. The van der Waals surface area contributed by atoms with E-state index in [1.54, 1.807) is 6.07 Å². The predicted octanol–water partition coefficient (Wildman–Crippen LogP) is 2.49. The molecule has 7 heteroatoms. The fourth-order valence-corrected chi connectivity index (χ4v) is 3.04. The number of benzene rings is 1. The predicted molar refractivity (Wildman–Crippen MR) is 94.7 cm³/mol. The molecule has 1 amide bonds. The summed E-state index contributed by atoms with van der Waals surface area (Å²) in [6.07, 6.45) is 2.15. The van der Waals surface area contributed by atoms with Crippen LogP contribution in [0.15, 0.2) is 30.3 Å². The van der Waals surface area contributed by atoms with Crippen molar-refractivity contribution in [1.29, 1.82) is 0 Å². The maximum atomic E-state index is 12.4. The molecule has 0 radical (unpaired) electrons. The lowest BCUT2D eigenvalue weighted by molar-refractivity contribution is -0.132. The van der Waals surface area contributed by atoms with Crippen LogP contribution in [0.5, 0.6) is 0 Å². The van der Waals surface area contributed by atoms with E-state index in [1.807, 2.05) is 17.0 Å². The van der Waals surface area contributed by atoms with Crippen LogP contribution in [-0.4, -0.2) is 33.9 Å². The minimum atomic E-state index is 0.132. The minimum Gasteiger partial charge on any atom is -0.370 e. The van der Waals surface area contributed by atoms with Crippen molar-refractivity contribution in [2.45, 2.75) is 25.8 Å². The summed E-state index contributed by atoms with van der Waals surface area (Å²) in [5, 5.41) is 3.41. The monoisotopic (exact) mass is 345 g/mol. The first-order valence-corrected chi connectivity index (χ1v) is 8.38. The number of halogens is 1. The summed E-state index contributed by atoms with van der Waals surface area (Å²) in [5.41, 5.74) is 8.14. The lowest BCUT2D eigenvalue weighted by atomic mass is 9.99. The highest BCUT2D eigenvalue weighted by Gasteiger charge is 2.19. The van der Waals surface area contributed by atoms with E-state index in [0.717, 1.165) is 19.4 Å². The average molecular weight is 346 g/mol. The highest BCUT2D eigenvalue weighted by molar-refractivity contribution is 6.29. The van der Waals surface area contributed by atoms with Gasteiger partial charge in [0.25, 0.3) is 0 Å². The molecule has 0 saturated carbocycles. The molecule has 0 spiro atoms. The zero-order chi connectivity index (χ0) is 16.9. The molecule has 0 unspecified atom stereocenters. The second kappa shape index (κ2) is 7.49. The van der Waals surface area contributed by atoms with E-state index in [1.165, 1.54) is 11.1 Å². The Bertz CT molecular complexity index is 716. The van der Waals surface area contributed by atoms with Crippen molar-refractivity contribution in [2.75, 3.05) is 24.1 Å². The van der Waals surface area contributed by atoms with Crippen molar-refractivity contribution >= 4 is 29.3 Å². The van der Waals surface area contributed by atoms with Gasteiger partial charge in [0, 0.05) is 32.1 Å². The summed E-state index contributed by atoms with van der Waals surface area (Å²) >= 11 is 5.82. The molecular formula is C17H20ClN5O. The number of nitrogens with two attached hydrogens (primary N) is 1. The normalized spacial score (nSPS) is 13.5. The second-order valence-electron chi connectivity index (χ2n) is 5.80. The Morgan fingerprint density at radius 1 is 1.29 bits per heavy atom. The van der Waals surface area contributed by atoms with Crippen LogP contribution in [0.1, 0.15) is 24.0 Å². The number of nitrogen functional groups attached to an aromatic ring is 1. The number of aromatic nitrogens is 2. The number of anilines is 2. The number of hydrogen-bond acceptors (Lipinski definition) is 5. The highest BCUT2D eigenvalue weighted by Crippen LogP contribution is 2.19. The number of rotatable bonds is 5. The number of nitrogens with one attached hydrogen (secondary N) is 1. The van der Waals surface area contributed by atoms with E-state index >= 15 is 0 Å². The van der Waals surface area contributed by atoms with Crippen LogP contribution in [0.25, 0.3) is 0 Å². The fraction of sp³-hybridized carbons (Fsp3) is 0.353. The van der Waals surface area contributed by atoms with E-state index in [0.29, 0.717) is 30.5 Å². The summed E-state index contributed by atoms with van der Waals surface area (Å²) in [4.78, 5) is 22.1. The van der Waals surface area contributed by atoms with Crippen LogP contribution >= 0.6 is 11.6 Å². The first-order valence-electron chi connectivity index (χ1n) is 8.00. The molecule has 0 aliphatic carbocycles. The van der Waals surface area contributed by atoms with Crippen LogP contribution in [-0.2, 0) is 17.8 Å². The van der Waals surface area contributed by atoms with Crippen LogP contribution in [0.3, 0.4) is 0 Å². The third-order valence-electron chi connectivity index (χ3n) is 4.07. The van der Waals surface area contributed by atoms with E-state index in [2.05, 4.69) is 27.4 Å². The molecule has 2 aromatic rings. The van der Waals surface area contributed by atoms with E-state index < -0.39 is 0 Å². The maximum Gasteiger partial charge on any atom is 0.223 e. The van der Waals surface area contributed by atoms with Crippen LogP contribution in [0, 0.1) is 0 Å². The van der Waals surface area contributed by atoms with Gasteiger partial charge in [-0.1, -0.05) is 35.9 Å². The zero-order valence-electron chi connectivity index (χ0n) is 13.3. The Hall–Kier alpha value is -2.34. The van der Waals surface area contributed by atoms with Gasteiger partial charge < -0.3 is 16.0 Å². The summed E-state index contributed by atoms with van der Waals surface area (Å²) in [5.74, 6) is 0.895. The molecule has 2 heterocycles. The van der Waals surface area contributed by atoms with Gasteiger partial charge in [-0.25, -0.2) is 4.98 Å². The van der Waals surface area contributed by atoms with Gasteiger partial charge in [0.15, 0.2) is 0 Å². The molecule has 1 aromatic carbocycles. The van der Waals surface area contributed by atoms with Gasteiger partial charge in [-0.15, -0.1) is 0 Å². The Morgan fingerprint density at radius 3 is 2.88 bits per heavy atom. The molecular weight excluding hydrogens is 326 g/mol.